The van der Waals surface area contributed by atoms with Gasteiger partial charge in [0.2, 0.25) is 0 Å². The molecule has 0 saturated heterocycles. The third kappa shape index (κ3) is 2.47. The predicted octanol–water partition coefficient (Wildman–Crippen LogP) is 2.37. The van der Waals surface area contributed by atoms with Crippen molar-refractivity contribution >= 4 is 17.3 Å². The quantitative estimate of drug-likeness (QED) is 0.763. The molecular weight excluding hydrogens is 226 g/mol. The van der Waals surface area contributed by atoms with Crippen LogP contribution in [0.15, 0.2) is 22.6 Å². The van der Waals surface area contributed by atoms with Gasteiger partial charge in [0.15, 0.2) is 5.58 Å². The molecule has 1 aromatic carbocycles. The first-order chi connectivity index (χ1) is 8.22. The van der Waals surface area contributed by atoms with Crippen LogP contribution in [0.2, 0.25) is 0 Å². The first-order valence-corrected chi connectivity index (χ1v) is 5.02. The highest BCUT2D eigenvalue weighted by molar-refractivity contribution is 5.75. The molecule has 1 heterocycles. The van der Waals surface area contributed by atoms with Crippen molar-refractivity contribution in [3.8, 4) is 11.8 Å². The summed E-state index contributed by atoms with van der Waals surface area (Å²) in [6, 6.07) is 5.08. The average molecular weight is 237 g/mol. The molecule has 0 unspecified atom stereocenters. The SMILES string of the molecule is CCOC(=O)Oc1nc2cc(OC)ccc2o1. The zero-order valence-electron chi connectivity index (χ0n) is 9.43. The fraction of sp³-hybridized carbons (Fsp3) is 0.273. The second kappa shape index (κ2) is 4.73. The lowest BCUT2D eigenvalue weighted by atomic mass is 10.3. The van der Waals surface area contributed by atoms with Gasteiger partial charge in [-0.25, -0.2) is 4.79 Å². The lowest BCUT2D eigenvalue weighted by molar-refractivity contribution is 0.0934. The third-order valence-corrected chi connectivity index (χ3v) is 2.01. The van der Waals surface area contributed by atoms with Crippen molar-refractivity contribution in [3.05, 3.63) is 18.2 Å². The normalized spacial score (nSPS) is 10.2. The lowest BCUT2D eigenvalue weighted by Gasteiger charge is -1.97. The molecule has 1 aromatic heterocycles. The predicted molar refractivity (Wildman–Crippen MR) is 58.2 cm³/mol. The Labute approximate surface area is 97.1 Å². The molecule has 0 aliphatic carbocycles. The van der Waals surface area contributed by atoms with Gasteiger partial charge >= 0.3 is 12.2 Å². The van der Waals surface area contributed by atoms with E-state index >= 15 is 0 Å². The molecule has 2 rings (SSSR count). The summed E-state index contributed by atoms with van der Waals surface area (Å²) in [5, 5.41) is 0. The van der Waals surface area contributed by atoms with E-state index in [2.05, 4.69) is 9.72 Å². The Morgan fingerprint density at radius 3 is 3.00 bits per heavy atom. The highest BCUT2D eigenvalue weighted by Gasteiger charge is 2.12. The van der Waals surface area contributed by atoms with Crippen molar-refractivity contribution in [3.63, 3.8) is 0 Å². The fourth-order valence-corrected chi connectivity index (χ4v) is 1.28. The highest BCUT2D eigenvalue weighted by Crippen LogP contribution is 2.24. The van der Waals surface area contributed by atoms with Crippen LogP contribution in [-0.4, -0.2) is 24.9 Å². The number of oxazole rings is 1. The molecule has 0 spiro atoms. The zero-order chi connectivity index (χ0) is 12.3. The molecule has 2 aromatic rings. The molecule has 0 aliphatic heterocycles. The number of hydrogen-bond donors (Lipinski definition) is 0. The zero-order valence-corrected chi connectivity index (χ0v) is 9.43. The molecule has 0 saturated carbocycles. The molecule has 0 aliphatic rings. The van der Waals surface area contributed by atoms with Gasteiger partial charge in [-0.15, -0.1) is 0 Å². The number of benzene rings is 1. The van der Waals surface area contributed by atoms with E-state index < -0.39 is 6.16 Å². The van der Waals surface area contributed by atoms with E-state index in [0.29, 0.717) is 16.8 Å². The van der Waals surface area contributed by atoms with E-state index in [1.165, 1.54) is 0 Å². The summed E-state index contributed by atoms with van der Waals surface area (Å²) in [5.74, 6) is 0.647. The fourth-order valence-electron chi connectivity index (χ4n) is 1.28. The molecule has 90 valence electrons. The van der Waals surface area contributed by atoms with Gasteiger partial charge in [-0.2, -0.15) is 4.98 Å². The Morgan fingerprint density at radius 1 is 1.47 bits per heavy atom. The van der Waals surface area contributed by atoms with Crippen LogP contribution >= 0.6 is 0 Å². The van der Waals surface area contributed by atoms with Gasteiger partial charge in [0.25, 0.3) is 0 Å². The first-order valence-electron chi connectivity index (χ1n) is 5.02. The topological polar surface area (TPSA) is 70.8 Å². The van der Waals surface area contributed by atoms with Crippen molar-refractivity contribution in [1.82, 2.24) is 4.98 Å². The number of nitrogens with zero attached hydrogens (tertiary/aromatic N) is 1. The van der Waals surface area contributed by atoms with Crippen LogP contribution in [0, 0.1) is 0 Å². The largest absolute Gasteiger partial charge is 0.517 e. The Balaban J connectivity index is 2.22. The number of methoxy groups -OCH3 is 1. The monoisotopic (exact) mass is 237 g/mol. The van der Waals surface area contributed by atoms with E-state index in [-0.39, 0.29) is 12.7 Å². The van der Waals surface area contributed by atoms with Gasteiger partial charge in [-0.05, 0) is 19.1 Å². The Morgan fingerprint density at radius 2 is 2.29 bits per heavy atom. The van der Waals surface area contributed by atoms with Crippen molar-refractivity contribution in [2.75, 3.05) is 13.7 Å². The summed E-state index contributed by atoms with van der Waals surface area (Å²) in [6.07, 6.45) is -0.988. The summed E-state index contributed by atoms with van der Waals surface area (Å²) in [5.41, 5.74) is 1.05. The maximum atomic E-state index is 11.0. The molecule has 0 bridgehead atoms. The Hall–Kier alpha value is -2.24. The van der Waals surface area contributed by atoms with Gasteiger partial charge in [-0.3, -0.25) is 0 Å². The minimum Gasteiger partial charge on any atom is -0.497 e. The maximum Gasteiger partial charge on any atom is 0.517 e. The minimum atomic E-state index is -0.842. The molecule has 0 N–H and O–H groups in total. The number of ether oxygens (including phenoxy) is 3. The smallest absolute Gasteiger partial charge is 0.497 e. The van der Waals surface area contributed by atoms with Crippen LogP contribution in [-0.2, 0) is 4.74 Å². The molecule has 0 radical (unpaired) electrons. The number of aromatic nitrogens is 1. The second-order valence-corrected chi connectivity index (χ2v) is 3.10. The van der Waals surface area contributed by atoms with Gasteiger partial charge in [0, 0.05) is 6.07 Å². The van der Waals surface area contributed by atoms with Gasteiger partial charge < -0.3 is 18.6 Å². The molecule has 6 nitrogen and oxygen atoms in total. The van der Waals surface area contributed by atoms with E-state index in [9.17, 15) is 4.79 Å². The van der Waals surface area contributed by atoms with Gasteiger partial charge in [0.1, 0.15) is 11.3 Å². The number of fused-ring (bicyclic) bond motifs is 1. The minimum absolute atomic E-state index is 0.147. The molecule has 6 heteroatoms. The summed E-state index contributed by atoms with van der Waals surface area (Å²) < 4.78 is 19.6. The van der Waals surface area contributed by atoms with Gasteiger partial charge in [-0.1, -0.05) is 0 Å². The molecule has 0 atom stereocenters. The molecule has 0 fully saturated rings. The van der Waals surface area contributed by atoms with E-state index in [4.69, 9.17) is 13.9 Å². The van der Waals surface area contributed by atoms with Crippen molar-refractivity contribution in [2.45, 2.75) is 6.92 Å². The second-order valence-electron chi connectivity index (χ2n) is 3.10. The summed E-state index contributed by atoms with van der Waals surface area (Å²) in [6.45, 7) is 1.91. The number of rotatable bonds is 3. The number of hydrogen-bond acceptors (Lipinski definition) is 6. The van der Waals surface area contributed by atoms with Crippen LogP contribution in [0.3, 0.4) is 0 Å². The molecule has 17 heavy (non-hydrogen) atoms. The standard InChI is InChI=1S/C11H11NO5/c1-3-15-11(13)17-10-12-8-6-7(14-2)4-5-9(8)16-10/h4-6H,3H2,1-2H3. The summed E-state index contributed by atoms with van der Waals surface area (Å²) >= 11 is 0. The van der Waals surface area contributed by atoms with E-state index in [1.807, 2.05) is 0 Å². The lowest BCUT2D eigenvalue weighted by Crippen LogP contribution is -2.09. The van der Waals surface area contributed by atoms with Crippen LogP contribution in [0.5, 0.6) is 11.8 Å². The van der Waals surface area contributed by atoms with Crippen LogP contribution in [0.1, 0.15) is 6.92 Å². The summed E-state index contributed by atoms with van der Waals surface area (Å²) in [7, 11) is 1.55. The van der Waals surface area contributed by atoms with E-state index in [0.717, 1.165) is 0 Å². The first kappa shape index (κ1) is 11.3. The maximum absolute atomic E-state index is 11.0. The average Bonchev–Trinajstić information content (AvgIpc) is 2.69. The van der Waals surface area contributed by atoms with E-state index in [1.54, 1.807) is 32.2 Å². The number of carbonyl (C=O) groups excluding carboxylic acids is 1. The van der Waals surface area contributed by atoms with Crippen molar-refractivity contribution in [1.29, 1.82) is 0 Å². The number of carbonyl (C=O) groups is 1. The summed E-state index contributed by atoms with van der Waals surface area (Å²) in [4.78, 5) is 15.0. The molecule has 0 amide bonds. The highest BCUT2D eigenvalue weighted by atomic mass is 16.8. The Kier molecular flexibility index (Phi) is 3.13. The third-order valence-electron chi connectivity index (χ3n) is 2.01. The van der Waals surface area contributed by atoms with Crippen molar-refractivity contribution < 1.29 is 23.4 Å². The van der Waals surface area contributed by atoms with Gasteiger partial charge in [0.05, 0.1) is 13.7 Å². The van der Waals surface area contributed by atoms with Crippen LogP contribution < -0.4 is 9.47 Å². The van der Waals surface area contributed by atoms with Crippen LogP contribution in [0.25, 0.3) is 11.1 Å². The van der Waals surface area contributed by atoms with Crippen molar-refractivity contribution in [2.24, 2.45) is 0 Å². The van der Waals surface area contributed by atoms with Crippen LogP contribution in [0.4, 0.5) is 4.79 Å². The Bertz CT molecular complexity index is 534. The molecular formula is C11H11NO5.